The lowest BCUT2D eigenvalue weighted by atomic mass is 9.80. The first kappa shape index (κ1) is 20.6. The first-order valence-electron chi connectivity index (χ1n) is 9.47. The van der Waals surface area contributed by atoms with Crippen LogP contribution in [0.3, 0.4) is 0 Å². The van der Waals surface area contributed by atoms with Gasteiger partial charge >= 0.3 is 0 Å². The van der Waals surface area contributed by atoms with Crippen molar-refractivity contribution in [2.75, 3.05) is 7.11 Å². The van der Waals surface area contributed by atoms with Crippen molar-refractivity contribution in [3.8, 4) is 0 Å². The van der Waals surface area contributed by atoms with E-state index in [1.165, 1.54) is 5.57 Å². The van der Waals surface area contributed by atoms with Gasteiger partial charge in [-0.1, -0.05) is 23.8 Å². The first-order chi connectivity index (χ1) is 11.5. The SMILES string of the molecule is COC(C)(C)[C@@]12/C=C/[C@@](C)(O)CC/C=C(\C)CC[C@H](O)[C@@](C)(CC1)O2. The molecule has 0 aliphatic carbocycles. The molecular formula is C21H36O4. The Morgan fingerprint density at radius 1 is 1.20 bits per heavy atom. The maximum atomic E-state index is 10.8. The van der Waals surface area contributed by atoms with Crippen molar-refractivity contribution in [3.63, 3.8) is 0 Å². The minimum absolute atomic E-state index is 0.528. The van der Waals surface area contributed by atoms with Crippen LogP contribution in [0.5, 0.6) is 0 Å². The van der Waals surface area contributed by atoms with Crippen LogP contribution in [0.4, 0.5) is 0 Å². The number of methoxy groups -OCH3 is 1. The van der Waals surface area contributed by atoms with Crippen LogP contribution in [-0.2, 0) is 9.47 Å². The van der Waals surface area contributed by atoms with Gasteiger partial charge < -0.3 is 19.7 Å². The predicted molar refractivity (Wildman–Crippen MR) is 101 cm³/mol. The molecule has 2 aliphatic heterocycles. The molecule has 0 unspecified atom stereocenters. The first-order valence-corrected chi connectivity index (χ1v) is 9.47. The molecule has 4 atom stereocenters. The lowest BCUT2D eigenvalue weighted by Crippen LogP contribution is -2.53. The van der Waals surface area contributed by atoms with Crippen LogP contribution >= 0.6 is 0 Å². The second-order valence-electron chi connectivity index (χ2n) is 8.85. The molecule has 4 nitrogen and oxygen atoms in total. The van der Waals surface area contributed by atoms with Crippen LogP contribution in [0.15, 0.2) is 23.8 Å². The molecule has 0 aromatic rings. The van der Waals surface area contributed by atoms with Crippen molar-refractivity contribution in [2.45, 2.75) is 102 Å². The third-order valence-corrected chi connectivity index (χ3v) is 6.31. The second kappa shape index (κ2) is 7.15. The Bertz CT molecular complexity index is 534. The van der Waals surface area contributed by atoms with Gasteiger partial charge in [0, 0.05) is 7.11 Å². The minimum Gasteiger partial charge on any atom is -0.390 e. The van der Waals surface area contributed by atoms with Gasteiger partial charge in [-0.2, -0.15) is 0 Å². The summed E-state index contributed by atoms with van der Waals surface area (Å²) in [4.78, 5) is 0. The summed E-state index contributed by atoms with van der Waals surface area (Å²) in [5.41, 5.74) is -1.49. The van der Waals surface area contributed by atoms with Gasteiger partial charge in [0.15, 0.2) is 0 Å². The summed E-state index contributed by atoms with van der Waals surface area (Å²) in [6.07, 6.45) is 9.99. The summed E-state index contributed by atoms with van der Waals surface area (Å²) in [7, 11) is 1.69. The van der Waals surface area contributed by atoms with Gasteiger partial charge in [-0.3, -0.25) is 0 Å². The van der Waals surface area contributed by atoms with Gasteiger partial charge in [-0.25, -0.2) is 0 Å². The number of hydrogen-bond acceptors (Lipinski definition) is 4. The Morgan fingerprint density at radius 2 is 1.88 bits per heavy atom. The van der Waals surface area contributed by atoms with E-state index in [-0.39, 0.29) is 0 Å². The molecule has 144 valence electrons. The minimum atomic E-state index is -0.900. The standard InChI is InChI=1S/C21H36O4/c1-16-8-7-11-19(4,23)12-14-21(18(2,3)24-6)15-13-20(5,25-21)17(22)10-9-16/h8,12,14,17,22-23H,7,9-11,13,15H2,1-6H3/b14-12+,16-8+/t17-,19-,20+,21+/m0/s1. The largest absolute Gasteiger partial charge is 0.390 e. The van der Waals surface area contributed by atoms with Crippen molar-refractivity contribution in [1.29, 1.82) is 0 Å². The highest BCUT2D eigenvalue weighted by atomic mass is 16.6. The van der Waals surface area contributed by atoms with Gasteiger partial charge in [0.05, 0.1) is 22.9 Å². The average molecular weight is 353 g/mol. The number of fused-ring (bicyclic) bond motifs is 2. The fourth-order valence-electron chi connectivity index (χ4n) is 3.88. The lowest BCUT2D eigenvalue weighted by Gasteiger charge is -2.43. The Morgan fingerprint density at radius 3 is 2.52 bits per heavy atom. The Balaban J connectivity index is 2.44. The topological polar surface area (TPSA) is 58.9 Å². The maximum Gasteiger partial charge on any atom is 0.116 e. The highest BCUT2D eigenvalue weighted by Gasteiger charge is 2.56. The molecule has 2 bridgehead atoms. The highest BCUT2D eigenvalue weighted by molar-refractivity contribution is 5.20. The van der Waals surface area contributed by atoms with Gasteiger partial charge in [-0.05, 0) is 73.1 Å². The zero-order valence-corrected chi connectivity index (χ0v) is 16.8. The van der Waals surface area contributed by atoms with E-state index in [0.717, 1.165) is 25.7 Å². The molecule has 0 spiro atoms. The smallest absolute Gasteiger partial charge is 0.116 e. The highest BCUT2D eigenvalue weighted by Crippen LogP contribution is 2.48. The molecule has 0 aromatic carbocycles. The number of rotatable bonds is 2. The van der Waals surface area contributed by atoms with E-state index in [1.807, 2.05) is 39.8 Å². The van der Waals surface area contributed by atoms with Gasteiger partial charge in [0.2, 0.25) is 0 Å². The Hall–Kier alpha value is -0.680. The van der Waals surface area contributed by atoms with Crippen LogP contribution < -0.4 is 0 Å². The third kappa shape index (κ3) is 4.36. The summed E-state index contributed by atoms with van der Waals surface area (Å²) in [6.45, 7) is 9.94. The van der Waals surface area contributed by atoms with Crippen LogP contribution in [0.2, 0.25) is 0 Å². The average Bonchev–Trinajstić information content (AvgIpc) is 2.90. The maximum absolute atomic E-state index is 10.8. The lowest BCUT2D eigenvalue weighted by molar-refractivity contribution is -0.198. The molecule has 1 fully saturated rings. The quantitative estimate of drug-likeness (QED) is 0.740. The molecule has 0 aromatic heterocycles. The van der Waals surface area contributed by atoms with E-state index in [0.29, 0.717) is 12.8 Å². The summed E-state index contributed by atoms with van der Waals surface area (Å²) < 4.78 is 12.3. The molecule has 0 amide bonds. The van der Waals surface area contributed by atoms with E-state index in [4.69, 9.17) is 9.47 Å². The summed E-state index contributed by atoms with van der Waals surface area (Å²) in [5.74, 6) is 0. The van der Waals surface area contributed by atoms with Crippen LogP contribution in [0.1, 0.15) is 73.1 Å². The normalized spacial score (nSPS) is 44.2. The van der Waals surface area contributed by atoms with Gasteiger partial charge in [0.25, 0.3) is 0 Å². The Labute approximate surface area is 152 Å². The number of allylic oxidation sites excluding steroid dienone is 2. The monoisotopic (exact) mass is 352 g/mol. The zero-order chi connectivity index (χ0) is 18.9. The van der Waals surface area contributed by atoms with Crippen molar-refractivity contribution in [1.82, 2.24) is 0 Å². The van der Waals surface area contributed by atoms with E-state index < -0.39 is 28.5 Å². The van der Waals surface area contributed by atoms with E-state index in [1.54, 1.807) is 7.11 Å². The fourth-order valence-corrected chi connectivity index (χ4v) is 3.88. The summed E-state index contributed by atoms with van der Waals surface area (Å²) in [6, 6.07) is 0. The van der Waals surface area contributed by atoms with Crippen molar-refractivity contribution < 1.29 is 19.7 Å². The van der Waals surface area contributed by atoms with Crippen LogP contribution in [0.25, 0.3) is 0 Å². The number of hydrogen-bond donors (Lipinski definition) is 2. The van der Waals surface area contributed by atoms with Crippen molar-refractivity contribution in [3.05, 3.63) is 23.8 Å². The molecular weight excluding hydrogens is 316 g/mol. The molecule has 4 heteroatoms. The molecule has 25 heavy (non-hydrogen) atoms. The second-order valence-corrected chi connectivity index (χ2v) is 8.85. The van der Waals surface area contributed by atoms with Gasteiger partial charge in [-0.15, -0.1) is 0 Å². The molecule has 2 rings (SSSR count). The molecule has 2 aliphatic rings. The van der Waals surface area contributed by atoms with Crippen molar-refractivity contribution >= 4 is 0 Å². The summed E-state index contributed by atoms with van der Waals surface area (Å²) in [5, 5.41) is 21.6. The Kier molecular flexibility index (Phi) is 5.90. The third-order valence-electron chi connectivity index (χ3n) is 6.31. The van der Waals surface area contributed by atoms with Crippen molar-refractivity contribution in [2.24, 2.45) is 0 Å². The number of aliphatic hydroxyl groups is 2. The number of ether oxygens (including phenoxy) is 2. The summed E-state index contributed by atoms with van der Waals surface area (Å²) >= 11 is 0. The molecule has 1 saturated heterocycles. The predicted octanol–water partition coefficient (Wildman–Crippen LogP) is 3.91. The molecule has 2 N–H and O–H groups in total. The van der Waals surface area contributed by atoms with Crippen LogP contribution in [-0.4, -0.2) is 45.8 Å². The molecule has 2 heterocycles. The molecule has 0 saturated carbocycles. The van der Waals surface area contributed by atoms with Crippen LogP contribution in [0, 0.1) is 0 Å². The fraction of sp³-hybridized carbons (Fsp3) is 0.810. The zero-order valence-electron chi connectivity index (χ0n) is 16.8. The van der Waals surface area contributed by atoms with E-state index >= 15 is 0 Å². The number of aliphatic hydroxyl groups excluding tert-OH is 1. The molecule has 0 radical (unpaired) electrons. The van der Waals surface area contributed by atoms with E-state index in [2.05, 4.69) is 13.0 Å². The van der Waals surface area contributed by atoms with E-state index in [9.17, 15) is 10.2 Å². The van der Waals surface area contributed by atoms with Gasteiger partial charge in [0.1, 0.15) is 5.60 Å².